The first-order valence-electron chi connectivity index (χ1n) is 16.7. The third-order valence-corrected chi connectivity index (χ3v) is 10.5. The van der Waals surface area contributed by atoms with Crippen molar-refractivity contribution in [2.75, 3.05) is 4.90 Å². The van der Waals surface area contributed by atoms with Gasteiger partial charge >= 0.3 is 0 Å². The Kier molecular flexibility index (Phi) is 5.86. The van der Waals surface area contributed by atoms with Crippen molar-refractivity contribution < 1.29 is 0 Å². The molecular formula is C47H31N. The highest BCUT2D eigenvalue weighted by Gasteiger charge is 2.50. The van der Waals surface area contributed by atoms with Gasteiger partial charge in [-0.1, -0.05) is 152 Å². The van der Waals surface area contributed by atoms with Crippen LogP contribution in [0.4, 0.5) is 17.1 Å². The van der Waals surface area contributed by atoms with Crippen LogP contribution in [0, 0.1) is 0 Å². The molecule has 0 saturated heterocycles. The molecule has 2 aliphatic rings. The number of nitrogens with zero attached hydrogens (tertiary/aromatic N) is 1. The number of hydrogen-bond donors (Lipinski definition) is 0. The van der Waals surface area contributed by atoms with E-state index >= 15 is 0 Å². The lowest BCUT2D eigenvalue weighted by molar-refractivity contribution is 0.773. The summed E-state index contributed by atoms with van der Waals surface area (Å²) in [6.07, 6.45) is 0. The molecule has 0 saturated carbocycles. The van der Waals surface area contributed by atoms with Crippen molar-refractivity contribution in [1.29, 1.82) is 0 Å². The Morgan fingerprint density at radius 2 is 0.854 bits per heavy atom. The second-order valence-electron chi connectivity index (χ2n) is 12.9. The number of hydrogen-bond acceptors (Lipinski definition) is 1. The molecule has 0 heterocycles. The average molecular weight is 610 g/mol. The maximum Gasteiger partial charge on any atom is 0.0725 e. The molecule has 0 aromatic heterocycles. The van der Waals surface area contributed by atoms with Crippen LogP contribution in [0.1, 0.15) is 22.3 Å². The van der Waals surface area contributed by atoms with Gasteiger partial charge < -0.3 is 4.90 Å². The van der Waals surface area contributed by atoms with E-state index in [0.717, 1.165) is 17.1 Å². The van der Waals surface area contributed by atoms with Crippen LogP contribution in [0.5, 0.6) is 0 Å². The van der Waals surface area contributed by atoms with Gasteiger partial charge in [0, 0.05) is 17.1 Å². The Balaban J connectivity index is 1.18. The molecule has 0 aliphatic heterocycles. The van der Waals surface area contributed by atoms with Crippen molar-refractivity contribution in [3.63, 3.8) is 0 Å². The fourth-order valence-corrected chi connectivity index (χ4v) is 8.50. The molecule has 0 bridgehead atoms. The lowest BCUT2D eigenvalue weighted by Gasteiger charge is -2.40. The summed E-state index contributed by atoms with van der Waals surface area (Å²) in [6, 6.07) is 69.1. The van der Waals surface area contributed by atoms with Crippen LogP contribution in [0.15, 0.2) is 188 Å². The highest BCUT2D eigenvalue weighted by molar-refractivity contribution is 6.10. The first-order chi connectivity index (χ1) is 23.8. The third kappa shape index (κ3) is 3.73. The third-order valence-electron chi connectivity index (χ3n) is 10.5. The summed E-state index contributed by atoms with van der Waals surface area (Å²) in [4.78, 5) is 2.36. The average Bonchev–Trinajstić information content (AvgIpc) is 3.48. The molecule has 224 valence electrons. The first kappa shape index (κ1) is 27.0. The van der Waals surface area contributed by atoms with Crippen molar-refractivity contribution in [2.24, 2.45) is 0 Å². The molecule has 2 aliphatic carbocycles. The molecule has 8 aromatic rings. The highest BCUT2D eigenvalue weighted by Crippen LogP contribution is 2.63. The zero-order chi connectivity index (χ0) is 31.7. The second-order valence-corrected chi connectivity index (χ2v) is 12.9. The van der Waals surface area contributed by atoms with E-state index < -0.39 is 5.41 Å². The fraction of sp³-hybridized carbons (Fsp3) is 0.0213. The molecular weight excluding hydrogens is 579 g/mol. The zero-order valence-electron chi connectivity index (χ0n) is 26.3. The predicted molar refractivity (Wildman–Crippen MR) is 200 cm³/mol. The molecule has 0 N–H and O–H groups in total. The predicted octanol–water partition coefficient (Wildman–Crippen LogP) is 12.3. The Labute approximate surface area is 281 Å². The smallest absolute Gasteiger partial charge is 0.0725 e. The minimum absolute atomic E-state index is 0.413. The topological polar surface area (TPSA) is 3.24 Å². The highest BCUT2D eigenvalue weighted by atomic mass is 15.1. The SMILES string of the molecule is c1ccc(-c2ccc(N(c3ccccc3)c3ccc(C45c6ccccc6-c6ccc7cccc(c7c64)-c4ccccc45)cc3)cc2)cc1. The largest absolute Gasteiger partial charge is 0.311 e. The normalized spacial score (nSPS) is 15.2. The summed E-state index contributed by atoms with van der Waals surface area (Å²) in [5.41, 5.74) is 16.1. The summed E-state index contributed by atoms with van der Waals surface area (Å²) in [5.74, 6) is 0. The van der Waals surface area contributed by atoms with E-state index in [4.69, 9.17) is 0 Å². The Hall–Kier alpha value is -6.18. The van der Waals surface area contributed by atoms with E-state index in [0.29, 0.717) is 0 Å². The number of rotatable bonds is 5. The minimum atomic E-state index is -0.413. The maximum absolute atomic E-state index is 2.37. The van der Waals surface area contributed by atoms with E-state index in [2.05, 4.69) is 193 Å². The standard InChI is InChI=1S/C47H31N/c1-3-12-32(13-4-1)33-22-27-37(28-23-33)48(36-15-5-2-6-16-36)38-29-25-35(26-30-38)47-43-20-9-7-17-39(43)41-19-11-14-34-24-31-42(46(47)45(34)41)40-18-8-10-21-44(40)47/h1-31H. The fourth-order valence-electron chi connectivity index (χ4n) is 8.50. The lowest BCUT2D eigenvalue weighted by Crippen LogP contribution is -2.31. The molecule has 0 radical (unpaired) electrons. The van der Waals surface area contributed by atoms with Crippen LogP contribution in [0.3, 0.4) is 0 Å². The van der Waals surface area contributed by atoms with Crippen LogP contribution >= 0.6 is 0 Å². The van der Waals surface area contributed by atoms with Gasteiger partial charge in [0.1, 0.15) is 0 Å². The molecule has 0 spiro atoms. The van der Waals surface area contributed by atoms with E-state index in [1.807, 2.05) is 0 Å². The Morgan fingerprint density at radius 1 is 0.333 bits per heavy atom. The summed E-state index contributed by atoms with van der Waals surface area (Å²) < 4.78 is 0. The van der Waals surface area contributed by atoms with Gasteiger partial charge in [-0.15, -0.1) is 0 Å². The second kappa shape index (κ2) is 10.4. The molecule has 8 aromatic carbocycles. The van der Waals surface area contributed by atoms with Crippen LogP contribution < -0.4 is 4.90 Å². The van der Waals surface area contributed by atoms with Crippen LogP contribution in [0.25, 0.3) is 44.2 Å². The number of benzene rings is 8. The Bertz CT molecular complexity index is 2480. The van der Waals surface area contributed by atoms with Crippen molar-refractivity contribution in [1.82, 2.24) is 0 Å². The van der Waals surface area contributed by atoms with Gasteiger partial charge in [-0.3, -0.25) is 0 Å². The van der Waals surface area contributed by atoms with E-state index in [1.54, 1.807) is 0 Å². The summed E-state index contributed by atoms with van der Waals surface area (Å²) in [5, 5.41) is 2.67. The number of para-hydroxylation sites is 1. The molecule has 1 nitrogen and oxygen atoms in total. The van der Waals surface area contributed by atoms with Gasteiger partial charge in [-0.25, -0.2) is 0 Å². The van der Waals surface area contributed by atoms with E-state index in [1.165, 1.54) is 66.4 Å². The van der Waals surface area contributed by atoms with Crippen molar-refractivity contribution in [3.05, 3.63) is 210 Å². The minimum Gasteiger partial charge on any atom is -0.311 e. The van der Waals surface area contributed by atoms with Gasteiger partial charge in [-0.2, -0.15) is 0 Å². The van der Waals surface area contributed by atoms with Gasteiger partial charge in [0.25, 0.3) is 0 Å². The molecule has 10 rings (SSSR count). The lowest BCUT2D eigenvalue weighted by atomic mass is 9.62. The van der Waals surface area contributed by atoms with E-state index in [-0.39, 0.29) is 0 Å². The molecule has 0 amide bonds. The van der Waals surface area contributed by atoms with Gasteiger partial charge in [0.15, 0.2) is 0 Å². The monoisotopic (exact) mass is 609 g/mol. The Morgan fingerprint density at radius 3 is 1.54 bits per heavy atom. The summed E-state index contributed by atoms with van der Waals surface area (Å²) in [6.45, 7) is 0. The molecule has 48 heavy (non-hydrogen) atoms. The van der Waals surface area contributed by atoms with Gasteiger partial charge in [0.05, 0.1) is 5.41 Å². The quantitative estimate of drug-likeness (QED) is 0.188. The molecule has 1 atom stereocenters. The molecule has 1 heteroatoms. The van der Waals surface area contributed by atoms with Crippen LogP contribution in [-0.2, 0) is 5.41 Å². The van der Waals surface area contributed by atoms with Crippen LogP contribution in [-0.4, -0.2) is 0 Å². The van der Waals surface area contributed by atoms with Crippen LogP contribution in [0.2, 0.25) is 0 Å². The zero-order valence-corrected chi connectivity index (χ0v) is 26.3. The van der Waals surface area contributed by atoms with Crippen molar-refractivity contribution in [2.45, 2.75) is 5.41 Å². The summed E-state index contributed by atoms with van der Waals surface area (Å²) in [7, 11) is 0. The molecule has 1 unspecified atom stereocenters. The van der Waals surface area contributed by atoms with Gasteiger partial charge in [-0.05, 0) is 103 Å². The summed E-state index contributed by atoms with van der Waals surface area (Å²) >= 11 is 0. The van der Waals surface area contributed by atoms with Gasteiger partial charge in [0.2, 0.25) is 0 Å². The van der Waals surface area contributed by atoms with Crippen molar-refractivity contribution >= 4 is 27.8 Å². The number of anilines is 3. The maximum atomic E-state index is 2.37. The molecule has 0 fully saturated rings. The van der Waals surface area contributed by atoms with E-state index in [9.17, 15) is 0 Å². The van der Waals surface area contributed by atoms with Crippen molar-refractivity contribution in [3.8, 4) is 33.4 Å². The first-order valence-corrected chi connectivity index (χ1v) is 16.7. The number of fused-ring (bicyclic) bond motifs is 6.